The maximum absolute atomic E-state index is 10.9. The SMILES string of the molecule is O=C1NNC2=CCC=CC12. The number of hydrogen-bond donors (Lipinski definition) is 2. The number of allylic oxidation sites excluding steroid dienone is 2. The number of carbonyl (C=O) groups is 1. The summed E-state index contributed by atoms with van der Waals surface area (Å²) in [6.45, 7) is 0. The Labute approximate surface area is 58.8 Å². The molecular weight excluding hydrogens is 128 g/mol. The van der Waals surface area contributed by atoms with Gasteiger partial charge in [-0.25, -0.2) is 0 Å². The van der Waals surface area contributed by atoms with E-state index in [0.29, 0.717) is 0 Å². The summed E-state index contributed by atoms with van der Waals surface area (Å²) in [5.41, 5.74) is 6.36. The van der Waals surface area contributed by atoms with Crippen molar-refractivity contribution in [2.75, 3.05) is 0 Å². The Bertz CT molecular complexity index is 230. The highest BCUT2D eigenvalue weighted by atomic mass is 16.2. The van der Waals surface area contributed by atoms with Crippen molar-refractivity contribution in [2.45, 2.75) is 6.42 Å². The van der Waals surface area contributed by atoms with Crippen molar-refractivity contribution in [1.29, 1.82) is 0 Å². The fourth-order valence-corrected chi connectivity index (χ4v) is 1.21. The molecule has 0 bridgehead atoms. The molecular formula is C7H8N2O. The lowest BCUT2D eigenvalue weighted by Crippen LogP contribution is -2.25. The van der Waals surface area contributed by atoms with Gasteiger partial charge in [0.1, 0.15) is 0 Å². The first-order chi connectivity index (χ1) is 4.88. The van der Waals surface area contributed by atoms with Gasteiger partial charge in [0.2, 0.25) is 0 Å². The fourth-order valence-electron chi connectivity index (χ4n) is 1.21. The summed E-state index contributed by atoms with van der Waals surface area (Å²) >= 11 is 0. The van der Waals surface area contributed by atoms with E-state index in [-0.39, 0.29) is 11.8 Å². The van der Waals surface area contributed by atoms with Crippen molar-refractivity contribution in [3.8, 4) is 0 Å². The molecule has 1 aliphatic heterocycles. The van der Waals surface area contributed by atoms with Crippen molar-refractivity contribution in [3.05, 3.63) is 23.9 Å². The maximum atomic E-state index is 10.9. The summed E-state index contributed by atoms with van der Waals surface area (Å²) in [4.78, 5) is 10.9. The molecule has 1 amide bonds. The summed E-state index contributed by atoms with van der Waals surface area (Å²) in [7, 11) is 0. The zero-order valence-corrected chi connectivity index (χ0v) is 5.42. The van der Waals surface area contributed by atoms with Gasteiger partial charge in [0.15, 0.2) is 0 Å². The molecule has 2 rings (SSSR count). The second-order valence-electron chi connectivity index (χ2n) is 2.42. The Morgan fingerprint density at radius 2 is 2.40 bits per heavy atom. The molecule has 52 valence electrons. The van der Waals surface area contributed by atoms with Crippen LogP contribution in [-0.2, 0) is 4.79 Å². The Morgan fingerprint density at radius 3 is 3.20 bits per heavy atom. The molecule has 3 nitrogen and oxygen atoms in total. The Morgan fingerprint density at radius 1 is 1.50 bits per heavy atom. The minimum atomic E-state index is -0.0475. The molecule has 0 aromatic carbocycles. The highest BCUT2D eigenvalue weighted by molar-refractivity contribution is 5.85. The minimum absolute atomic E-state index is 0.0437. The third-order valence-electron chi connectivity index (χ3n) is 1.75. The normalized spacial score (nSPS) is 28.6. The zero-order chi connectivity index (χ0) is 6.97. The highest BCUT2D eigenvalue weighted by Gasteiger charge is 2.27. The molecule has 0 aromatic rings. The summed E-state index contributed by atoms with van der Waals surface area (Å²) in [5, 5.41) is 0. The predicted octanol–water partition coefficient (Wildman–Crippen LogP) is 0.0808. The van der Waals surface area contributed by atoms with Crippen molar-refractivity contribution >= 4 is 5.91 Å². The number of hydrogen-bond acceptors (Lipinski definition) is 2. The molecule has 0 radical (unpaired) electrons. The first kappa shape index (κ1) is 5.53. The quantitative estimate of drug-likeness (QED) is 0.463. The monoisotopic (exact) mass is 136 g/mol. The van der Waals surface area contributed by atoms with Gasteiger partial charge in [0, 0.05) is 5.70 Å². The van der Waals surface area contributed by atoms with Crippen LogP contribution >= 0.6 is 0 Å². The van der Waals surface area contributed by atoms with E-state index in [0.717, 1.165) is 12.1 Å². The Hall–Kier alpha value is -1.25. The van der Waals surface area contributed by atoms with Crippen molar-refractivity contribution < 1.29 is 4.79 Å². The van der Waals surface area contributed by atoms with Gasteiger partial charge in [-0.3, -0.25) is 10.2 Å². The van der Waals surface area contributed by atoms with Crippen LogP contribution in [0.2, 0.25) is 0 Å². The minimum Gasteiger partial charge on any atom is -0.302 e. The second kappa shape index (κ2) is 1.87. The van der Waals surface area contributed by atoms with Crippen LogP contribution in [0.1, 0.15) is 6.42 Å². The van der Waals surface area contributed by atoms with Gasteiger partial charge >= 0.3 is 0 Å². The lowest BCUT2D eigenvalue weighted by atomic mass is 10.0. The van der Waals surface area contributed by atoms with E-state index < -0.39 is 0 Å². The van der Waals surface area contributed by atoms with Gasteiger partial charge in [-0.1, -0.05) is 18.2 Å². The van der Waals surface area contributed by atoms with Crippen LogP contribution in [0.5, 0.6) is 0 Å². The first-order valence-corrected chi connectivity index (χ1v) is 3.30. The van der Waals surface area contributed by atoms with Crippen molar-refractivity contribution in [3.63, 3.8) is 0 Å². The van der Waals surface area contributed by atoms with Crippen LogP contribution in [-0.4, -0.2) is 5.91 Å². The molecule has 0 spiro atoms. The molecule has 1 atom stereocenters. The standard InChI is InChI=1S/C7H8N2O/c10-7-5-3-1-2-4-6(5)8-9-7/h1,3-5,8H,2H2,(H,9,10). The molecule has 1 aliphatic carbocycles. The molecule has 1 saturated heterocycles. The molecule has 2 aliphatic rings. The number of amides is 1. The maximum Gasteiger partial charge on any atom is 0.251 e. The van der Waals surface area contributed by atoms with Crippen LogP contribution < -0.4 is 10.9 Å². The van der Waals surface area contributed by atoms with Crippen LogP contribution in [0.15, 0.2) is 23.9 Å². The third-order valence-corrected chi connectivity index (χ3v) is 1.75. The topological polar surface area (TPSA) is 41.1 Å². The lowest BCUT2D eigenvalue weighted by molar-refractivity contribution is -0.121. The van der Waals surface area contributed by atoms with E-state index in [1.165, 1.54) is 0 Å². The lowest BCUT2D eigenvalue weighted by Gasteiger charge is -2.05. The number of nitrogens with one attached hydrogen (secondary N) is 2. The average molecular weight is 136 g/mol. The van der Waals surface area contributed by atoms with E-state index >= 15 is 0 Å². The van der Waals surface area contributed by atoms with E-state index in [9.17, 15) is 4.79 Å². The first-order valence-electron chi connectivity index (χ1n) is 3.30. The molecule has 1 fully saturated rings. The van der Waals surface area contributed by atoms with Crippen LogP contribution in [0.4, 0.5) is 0 Å². The smallest absolute Gasteiger partial charge is 0.251 e. The van der Waals surface area contributed by atoms with Crippen molar-refractivity contribution in [1.82, 2.24) is 10.9 Å². The number of carbonyl (C=O) groups excluding carboxylic acids is 1. The van der Waals surface area contributed by atoms with E-state index in [1.807, 2.05) is 18.2 Å². The molecule has 10 heavy (non-hydrogen) atoms. The third kappa shape index (κ3) is 0.635. The number of fused-ring (bicyclic) bond motifs is 1. The fraction of sp³-hybridized carbons (Fsp3) is 0.286. The molecule has 1 unspecified atom stereocenters. The molecule has 1 heterocycles. The Balaban J connectivity index is 2.32. The second-order valence-corrected chi connectivity index (χ2v) is 2.42. The molecule has 0 aromatic heterocycles. The van der Waals surface area contributed by atoms with E-state index in [2.05, 4.69) is 10.9 Å². The Kier molecular flexibility index (Phi) is 1.03. The number of rotatable bonds is 0. The van der Waals surface area contributed by atoms with Gasteiger partial charge in [0.25, 0.3) is 5.91 Å². The van der Waals surface area contributed by atoms with Gasteiger partial charge in [-0.05, 0) is 6.42 Å². The molecule has 2 N–H and O–H groups in total. The number of hydrazine groups is 1. The van der Waals surface area contributed by atoms with Crippen LogP contribution in [0.25, 0.3) is 0 Å². The summed E-state index contributed by atoms with van der Waals surface area (Å²) in [6, 6.07) is 0. The van der Waals surface area contributed by atoms with Gasteiger partial charge in [-0.2, -0.15) is 0 Å². The predicted molar refractivity (Wildman–Crippen MR) is 36.6 cm³/mol. The average Bonchev–Trinajstić information content (AvgIpc) is 2.34. The zero-order valence-electron chi connectivity index (χ0n) is 5.42. The summed E-state index contributed by atoms with van der Waals surface area (Å²) < 4.78 is 0. The van der Waals surface area contributed by atoms with Gasteiger partial charge < -0.3 is 5.43 Å². The molecule has 3 heteroatoms. The van der Waals surface area contributed by atoms with E-state index in [4.69, 9.17) is 0 Å². The summed E-state index contributed by atoms with van der Waals surface area (Å²) in [6.07, 6.45) is 6.86. The van der Waals surface area contributed by atoms with Crippen LogP contribution in [0, 0.1) is 5.92 Å². The molecule has 0 saturated carbocycles. The van der Waals surface area contributed by atoms with Crippen molar-refractivity contribution in [2.24, 2.45) is 5.92 Å². The van der Waals surface area contributed by atoms with E-state index in [1.54, 1.807) is 0 Å². The highest BCUT2D eigenvalue weighted by Crippen LogP contribution is 2.19. The largest absolute Gasteiger partial charge is 0.302 e. The summed E-state index contributed by atoms with van der Waals surface area (Å²) in [5.74, 6) is -0.00375. The van der Waals surface area contributed by atoms with Gasteiger partial charge in [-0.15, -0.1) is 0 Å². The van der Waals surface area contributed by atoms with Gasteiger partial charge in [0.05, 0.1) is 5.92 Å². The van der Waals surface area contributed by atoms with Crippen LogP contribution in [0.3, 0.4) is 0 Å².